The molecule has 1 heterocycles. The summed E-state index contributed by atoms with van der Waals surface area (Å²) in [5.74, 6) is 5.74. The van der Waals surface area contributed by atoms with Gasteiger partial charge in [-0.2, -0.15) is 0 Å². The first kappa shape index (κ1) is 10.5. The van der Waals surface area contributed by atoms with Crippen LogP contribution in [0, 0.1) is 0 Å². The van der Waals surface area contributed by atoms with Crippen molar-refractivity contribution in [3.05, 3.63) is 36.0 Å². The lowest BCUT2D eigenvalue weighted by Crippen LogP contribution is -2.28. The summed E-state index contributed by atoms with van der Waals surface area (Å²) < 4.78 is 1.43. The van der Waals surface area contributed by atoms with Gasteiger partial charge in [0.1, 0.15) is 5.69 Å². The number of rotatable bonds is 3. The van der Waals surface area contributed by atoms with Gasteiger partial charge in [0, 0.05) is 11.9 Å². The molecule has 0 fully saturated rings. The number of hydrogen-bond donors (Lipinski definition) is 2. The summed E-state index contributed by atoms with van der Waals surface area (Å²) in [6.07, 6.45) is 0.913. The summed E-state index contributed by atoms with van der Waals surface area (Å²) in [6, 6.07) is 9.47. The third-order valence-electron chi connectivity index (χ3n) is 2.52. The Morgan fingerprint density at radius 3 is 2.88 bits per heavy atom. The molecule has 0 aliphatic rings. The van der Waals surface area contributed by atoms with Crippen LogP contribution in [-0.2, 0) is 0 Å². The SMILES string of the molecule is CCCNC(=O)c1cc2ccccc2n1N. The molecule has 1 aromatic heterocycles. The molecule has 0 unspecified atom stereocenters. The Hall–Kier alpha value is -1.97. The third-order valence-corrected chi connectivity index (χ3v) is 2.52. The molecular weight excluding hydrogens is 202 g/mol. The number of carbonyl (C=O) groups is 1. The minimum atomic E-state index is -0.124. The van der Waals surface area contributed by atoms with Crippen LogP contribution in [0.2, 0.25) is 0 Å². The van der Waals surface area contributed by atoms with Crippen LogP contribution in [0.5, 0.6) is 0 Å². The summed E-state index contributed by atoms with van der Waals surface area (Å²) >= 11 is 0. The molecule has 0 atom stereocenters. The number of nitrogen functional groups attached to an aromatic ring is 1. The molecule has 0 aliphatic carbocycles. The Balaban J connectivity index is 2.37. The van der Waals surface area contributed by atoms with Gasteiger partial charge in [-0.1, -0.05) is 25.1 Å². The summed E-state index contributed by atoms with van der Waals surface area (Å²) in [7, 11) is 0. The molecule has 16 heavy (non-hydrogen) atoms. The van der Waals surface area contributed by atoms with Crippen LogP contribution >= 0.6 is 0 Å². The molecule has 1 amide bonds. The average Bonchev–Trinajstić information content (AvgIpc) is 2.64. The first-order valence-electron chi connectivity index (χ1n) is 5.37. The van der Waals surface area contributed by atoms with Crippen LogP contribution in [0.15, 0.2) is 30.3 Å². The predicted molar refractivity (Wildman–Crippen MR) is 64.7 cm³/mol. The third kappa shape index (κ3) is 1.74. The first-order valence-corrected chi connectivity index (χ1v) is 5.37. The maximum Gasteiger partial charge on any atom is 0.269 e. The van der Waals surface area contributed by atoms with E-state index in [1.165, 1.54) is 4.68 Å². The van der Waals surface area contributed by atoms with E-state index in [-0.39, 0.29) is 5.91 Å². The van der Waals surface area contributed by atoms with E-state index in [1.807, 2.05) is 31.2 Å². The van der Waals surface area contributed by atoms with Gasteiger partial charge in [-0.15, -0.1) is 0 Å². The number of aromatic nitrogens is 1. The predicted octanol–water partition coefficient (Wildman–Crippen LogP) is 1.49. The molecule has 1 aromatic carbocycles. The minimum absolute atomic E-state index is 0.124. The van der Waals surface area contributed by atoms with Crippen molar-refractivity contribution in [3.8, 4) is 0 Å². The van der Waals surface area contributed by atoms with E-state index in [0.717, 1.165) is 17.3 Å². The number of benzene rings is 1. The quantitative estimate of drug-likeness (QED) is 0.765. The van der Waals surface area contributed by atoms with Gasteiger partial charge in [-0.25, -0.2) is 0 Å². The Bertz CT molecular complexity index is 516. The standard InChI is InChI=1S/C12H15N3O/c1-2-7-14-12(16)11-8-9-5-3-4-6-10(9)15(11)13/h3-6,8H,2,7,13H2,1H3,(H,14,16). The van der Waals surface area contributed by atoms with Crippen molar-refractivity contribution in [2.75, 3.05) is 12.4 Å². The van der Waals surface area contributed by atoms with E-state index >= 15 is 0 Å². The highest BCUT2D eigenvalue weighted by Gasteiger charge is 2.12. The van der Waals surface area contributed by atoms with Gasteiger partial charge in [-0.05, 0) is 18.6 Å². The zero-order valence-electron chi connectivity index (χ0n) is 9.23. The molecule has 0 spiro atoms. The number of fused-ring (bicyclic) bond motifs is 1. The van der Waals surface area contributed by atoms with E-state index in [1.54, 1.807) is 6.07 Å². The van der Waals surface area contributed by atoms with Crippen LogP contribution in [0.4, 0.5) is 0 Å². The lowest BCUT2D eigenvalue weighted by molar-refractivity contribution is 0.0946. The fourth-order valence-corrected chi connectivity index (χ4v) is 1.68. The van der Waals surface area contributed by atoms with Crippen molar-refractivity contribution in [1.29, 1.82) is 0 Å². The number of amides is 1. The van der Waals surface area contributed by atoms with Crippen molar-refractivity contribution < 1.29 is 4.79 Å². The fourth-order valence-electron chi connectivity index (χ4n) is 1.68. The molecule has 0 aliphatic heterocycles. The number of nitrogens with two attached hydrogens (primary N) is 1. The molecule has 4 nitrogen and oxygen atoms in total. The van der Waals surface area contributed by atoms with Crippen molar-refractivity contribution >= 4 is 16.8 Å². The van der Waals surface area contributed by atoms with Gasteiger partial charge >= 0.3 is 0 Å². The molecular formula is C12H15N3O. The van der Waals surface area contributed by atoms with Crippen LogP contribution in [0.25, 0.3) is 10.9 Å². The highest BCUT2D eigenvalue weighted by atomic mass is 16.2. The van der Waals surface area contributed by atoms with E-state index < -0.39 is 0 Å². The molecule has 2 aromatic rings. The van der Waals surface area contributed by atoms with Crippen LogP contribution in [0.1, 0.15) is 23.8 Å². The van der Waals surface area contributed by atoms with Crippen molar-refractivity contribution in [2.24, 2.45) is 0 Å². The molecule has 2 rings (SSSR count). The van der Waals surface area contributed by atoms with Gasteiger partial charge in [0.25, 0.3) is 5.91 Å². The van der Waals surface area contributed by atoms with Gasteiger partial charge in [0.2, 0.25) is 0 Å². The highest BCUT2D eigenvalue weighted by molar-refractivity contribution is 5.98. The largest absolute Gasteiger partial charge is 0.351 e. The second-order valence-electron chi connectivity index (χ2n) is 3.71. The highest BCUT2D eigenvalue weighted by Crippen LogP contribution is 2.16. The minimum Gasteiger partial charge on any atom is -0.351 e. The van der Waals surface area contributed by atoms with Crippen molar-refractivity contribution in [1.82, 2.24) is 9.99 Å². The van der Waals surface area contributed by atoms with Crippen LogP contribution in [0.3, 0.4) is 0 Å². The lowest BCUT2D eigenvalue weighted by Gasteiger charge is -2.04. The first-order chi connectivity index (χ1) is 7.74. The Kier molecular flexibility index (Phi) is 2.81. The molecule has 0 bridgehead atoms. The topological polar surface area (TPSA) is 60.0 Å². The van der Waals surface area contributed by atoms with Crippen LogP contribution in [-0.4, -0.2) is 17.1 Å². The number of nitrogens with one attached hydrogen (secondary N) is 1. The Labute approximate surface area is 94.0 Å². The van der Waals surface area contributed by atoms with E-state index in [0.29, 0.717) is 12.2 Å². The molecule has 0 saturated heterocycles. The summed E-state index contributed by atoms with van der Waals surface area (Å²) in [6.45, 7) is 2.68. The normalized spacial score (nSPS) is 10.6. The summed E-state index contributed by atoms with van der Waals surface area (Å²) in [5.41, 5.74) is 1.36. The second kappa shape index (κ2) is 4.26. The zero-order chi connectivity index (χ0) is 11.5. The van der Waals surface area contributed by atoms with E-state index in [9.17, 15) is 4.79 Å². The number of para-hydroxylation sites is 1. The maximum atomic E-state index is 11.8. The van der Waals surface area contributed by atoms with Gasteiger partial charge in [0.05, 0.1) is 5.52 Å². The maximum absolute atomic E-state index is 11.8. The summed E-state index contributed by atoms with van der Waals surface area (Å²) in [4.78, 5) is 11.8. The van der Waals surface area contributed by atoms with Gasteiger partial charge in [0.15, 0.2) is 0 Å². The average molecular weight is 217 g/mol. The van der Waals surface area contributed by atoms with Crippen LogP contribution < -0.4 is 11.2 Å². The smallest absolute Gasteiger partial charge is 0.269 e. The monoisotopic (exact) mass is 217 g/mol. The van der Waals surface area contributed by atoms with Crippen molar-refractivity contribution in [3.63, 3.8) is 0 Å². The summed E-state index contributed by atoms with van der Waals surface area (Å²) in [5, 5.41) is 3.79. The van der Waals surface area contributed by atoms with E-state index in [4.69, 9.17) is 5.84 Å². The van der Waals surface area contributed by atoms with Crippen molar-refractivity contribution in [2.45, 2.75) is 13.3 Å². The van der Waals surface area contributed by atoms with E-state index in [2.05, 4.69) is 5.32 Å². The fraction of sp³-hybridized carbons (Fsp3) is 0.250. The number of carbonyl (C=O) groups excluding carboxylic acids is 1. The zero-order valence-corrected chi connectivity index (χ0v) is 9.23. The Morgan fingerprint density at radius 2 is 2.19 bits per heavy atom. The molecule has 3 N–H and O–H groups in total. The van der Waals surface area contributed by atoms with Gasteiger partial charge in [-0.3, -0.25) is 9.47 Å². The van der Waals surface area contributed by atoms with Gasteiger partial charge < -0.3 is 11.2 Å². The molecule has 0 radical (unpaired) electrons. The number of hydrogen-bond acceptors (Lipinski definition) is 2. The molecule has 0 saturated carbocycles. The molecule has 84 valence electrons. The Morgan fingerprint density at radius 1 is 1.44 bits per heavy atom. The number of nitrogens with zero attached hydrogens (tertiary/aromatic N) is 1. The lowest BCUT2D eigenvalue weighted by atomic mass is 10.2. The second-order valence-corrected chi connectivity index (χ2v) is 3.71. The molecule has 4 heteroatoms.